The van der Waals surface area contributed by atoms with Crippen LogP contribution in [-0.2, 0) is 0 Å². The fraction of sp³-hybridized carbons (Fsp3) is 0.319. The molecule has 7 aromatic rings. The van der Waals surface area contributed by atoms with Crippen molar-refractivity contribution in [3.8, 4) is 40.6 Å². The maximum atomic E-state index is 12.9. The summed E-state index contributed by atoms with van der Waals surface area (Å²) >= 11 is 0. The summed E-state index contributed by atoms with van der Waals surface area (Å²) in [5, 5.41) is 17.3. The predicted molar refractivity (Wildman–Crippen MR) is 321 cm³/mol. The largest absolute Gasteiger partial charge is 0.494 e. The molecule has 424 valence electrons. The molecule has 13 nitrogen and oxygen atoms in total. The lowest BCUT2D eigenvalue weighted by molar-refractivity contribution is 0.0725. The monoisotopic (exact) mass is 1100 g/mol. The minimum Gasteiger partial charge on any atom is -0.494 e. The maximum absolute atomic E-state index is 12.9. The van der Waals surface area contributed by atoms with Crippen molar-refractivity contribution < 1.29 is 42.8 Å². The molecule has 0 atom stereocenters. The van der Waals surface area contributed by atoms with Crippen molar-refractivity contribution in [2.75, 3.05) is 19.8 Å². The standard InChI is InChI=1S/C69H74N4O9/c1-2-3-4-5-6-7-8-11-14-17-47-77-62-39-29-56(30-40-62)68(75)81-66-45-43-63(44-46-66)79-49-19-16-13-10-9-12-15-18-48-78-61-37-27-55(28-38-61)67(74)80-64-35-25-54(26-36-64)52-71-60-22-20-21-57(50-60)69(76)82-65-41-33-59(34-42-65)73-72-58-31-23-53(51-70)24-32-58/h20-46,50,52H,2-19,47-49H2,1H3. The Morgan fingerprint density at radius 3 is 1.17 bits per heavy atom. The van der Waals surface area contributed by atoms with E-state index < -0.39 is 17.9 Å². The number of benzene rings is 7. The van der Waals surface area contributed by atoms with Gasteiger partial charge in [0.05, 0.1) is 65.2 Å². The highest BCUT2D eigenvalue weighted by atomic mass is 16.5. The van der Waals surface area contributed by atoms with Crippen molar-refractivity contribution in [1.82, 2.24) is 0 Å². The minimum absolute atomic E-state index is 0.331. The second-order valence-corrected chi connectivity index (χ2v) is 20.0. The third kappa shape index (κ3) is 22.3. The Labute approximate surface area is 483 Å². The van der Waals surface area contributed by atoms with Crippen molar-refractivity contribution in [2.45, 2.75) is 122 Å². The fourth-order valence-electron chi connectivity index (χ4n) is 8.68. The highest BCUT2D eigenvalue weighted by Gasteiger charge is 2.13. The van der Waals surface area contributed by atoms with Crippen molar-refractivity contribution in [1.29, 1.82) is 5.26 Å². The number of hydrogen-bond acceptors (Lipinski definition) is 13. The molecule has 82 heavy (non-hydrogen) atoms. The predicted octanol–water partition coefficient (Wildman–Crippen LogP) is 18.3. The SMILES string of the molecule is CCCCCCCCCCCCOc1ccc(C(=O)Oc2ccc(OCCCCCCCCCCOc3ccc(C(=O)Oc4ccc(C=Nc5cccc(C(=O)Oc6ccc(N=Nc7ccc(C#N)cc7)cc6)c5)cc4)cc3)cc2)cc1. The summed E-state index contributed by atoms with van der Waals surface area (Å²) in [7, 11) is 0. The number of unbranched alkanes of at least 4 members (excludes halogenated alkanes) is 16. The molecular weight excluding hydrogens is 1030 g/mol. The van der Waals surface area contributed by atoms with Crippen molar-refractivity contribution >= 4 is 41.2 Å². The van der Waals surface area contributed by atoms with E-state index >= 15 is 0 Å². The van der Waals surface area contributed by atoms with Gasteiger partial charge in [0.1, 0.15) is 34.5 Å². The average molecular weight is 1100 g/mol. The van der Waals surface area contributed by atoms with Crippen molar-refractivity contribution in [2.24, 2.45) is 15.2 Å². The Morgan fingerprint density at radius 2 is 0.744 bits per heavy atom. The van der Waals surface area contributed by atoms with Crippen LogP contribution in [0, 0.1) is 11.3 Å². The molecule has 0 saturated carbocycles. The number of azo groups is 1. The average Bonchev–Trinajstić information content (AvgIpc) is 3.52. The number of hydrogen-bond donors (Lipinski definition) is 0. The number of ether oxygens (including phenoxy) is 6. The van der Waals surface area contributed by atoms with E-state index in [1.807, 2.05) is 24.3 Å². The van der Waals surface area contributed by atoms with Gasteiger partial charge in [-0.25, -0.2) is 14.4 Å². The van der Waals surface area contributed by atoms with Gasteiger partial charge in [0, 0.05) is 6.21 Å². The molecule has 0 aliphatic rings. The van der Waals surface area contributed by atoms with Crippen LogP contribution in [0.5, 0.6) is 34.5 Å². The highest BCUT2D eigenvalue weighted by Crippen LogP contribution is 2.25. The molecule has 0 aliphatic carbocycles. The van der Waals surface area contributed by atoms with Crippen molar-refractivity contribution in [3.63, 3.8) is 0 Å². The third-order valence-electron chi connectivity index (χ3n) is 13.4. The van der Waals surface area contributed by atoms with Gasteiger partial charge < -0.3 is 28.4 Å². The van der Waals surface area contributed by atoms with Gasteiger partial charge in [0.25, 0.3) is 0 Å². The second-order valence-electron chi connectivity index (χ2n) is 20.0. The van der Waals surface area contributed by atoms with Gasteiger partial charge in [0.2, 0.25) is 0 Å². The van der Waals surface area contributed by atoms with Gasteiger partial charge in [-0.05, 0) is 189 Å². The summed E-state index contributed by atoms with van der Waals surface area (Å²) in [5.74, 6) is 2.01. The number of carbonyl (C=O) groups excluding carboxylic acids is 3. The lowest BCUT2D eigenvalue weighted by Gasteiger charge is -2.09. The van der Waals surface area contributed by atoms with Crippen LogP contribution >= 0.6 is 0 Å². The van der Waals surface area contributed by atoms with Gasteiger partial charge in [-0.3, -0.25) is 4.99 Å². The Morgan fingerprint density at radius 1 is 0.390 bits per heavy atom. The number of esters is 3. The third-order valence-corrected chi connectivity index (χ3v) is 13.4. The zero-order valence-corrected chi connectivity index (χ0v) is 47.1. The van der Waals surface area contributed by atoms with E-state index in [1.54, 1.807) is 152 Å². The van der Waals surface area contributed by atoms with E-state index in [9.17, 15) is 14.4 Å². The van der Waals surface area contributed by atoms with Gasteiger partial charge in [-0.1, -0.05) is 109 Å². The molecular formula is C69H74N4O9. The zero-order valence-electron chi connectivity index (χ0n) is 47.1. The Balaban J connectivity index is 0.682. The van der Waals surface area contributed by atoms with Gasteiger partial charge in [-0.15, -0.1) is 0 Å². The van der Waals surface area contributed by atoms with Gasteiger partial charge >= 0.3 is 17.9 Å². The van der Waals surface area contributed by atoms with E-state index in [-0.39, 0.29) is 0 Å². The van der Waals surface area contributed by atoms with Crippen LogP contribution in [0.15, 0.2) is 185 Å². The molecule has 0 amide bonds. The summed E-state index contributed by atoms with van der Waals surface area (Å²) in [6.45, 7) is 4.19. The summed E-state index contributed by atoms with van der Waals surface area (Å²) in [4.78, 5) is 43.1. The minimum atomic E-state index is -0.537. The molecule has 0 spiro atoms. The molecule has 0 saturated heterocycles. The van der Waals surface area contributed by atoms with E-state index in [1.165, 1.54) is 70.6 Å². The van der Waals surface area contributed by atoms with Gasteiger partial charge in [0.15, 0.2) is 0 Å². The number of rotatable bonds is 35. The van der Waals surface area contributed by atoms with Crippen LogP contribution in [0.4, 0.5) is 17.1 Å². The summed E-state index contributed by atoms with van der Waals surface area (Å²) in [5.41, 5.74) is 4.27. The number of nitrogens with zero attached hydrogens (tertiary/aromatic N) is 4. The maximum Gasteiger partial charge on any atom is 0.343 e. The lowest BCUT2D eigenvalue weighted by atomic mass is 10.1. The molecule has 0 heterocycles. The number of carbonyl (C=O) groups is 3. The normalized spacial score (nSPS) is 11.1. The van der Waals surface area contributed by atoms with E-state index in [0.29, 0.717) is 82.1 Å². The fourth-order valence-corrected chi connectivity index (χ4v) is 8.68. The molecule has 7 rings (SSSR count). The van der Waals surface area contributed by atoms with Crippen LogP contribution in [0.25, 0.3) is 0 Å². The van der Waals surface area contributed by atoms with Crippen LogP contribution in [0.1, 0.15) is 165 Å². The first-order valence-electron chi connectivity index (χ1n) is 28.9. The number of nitriles is 1. The van der Waals surface area contributed by atoms with Gasteiger partial charge in [-0.2, -0.15) is 15.5 Å². The Bertz CT molecular complexity index is 3120. The summed E-state index contributed by atoms with van der Waals surface area (Å²) < 4.78 is 34.5. The quantitative estimate of drug-likeness (QED) is 0.0123. The summed E-state index contributed by atoms with van der Waals surface area (Å²) in [6, 6.07) is 50.5. The van der Waals surface area contributed by atoms with Crippen LogP contribution in [0.2, 0.25) is 0 Å². The van der Waals surface area contributed by atoms with E-state index in [2.05, 4.69) is 28.2 Å². The zero-order chi connectivity index (χ0) is 57.2. The molecule has 0 unspecified atom stereocenters. The van der Waals surface area contributed by atoms with E-state index in [0.717, 1.165) is 62.0 Å². The van der Waals surface area contributed by atoms with Crippen LogP contribution in [0.3, 0.4) is 0 Å². The lowest BCUT2D eigenvalue weighted by Crippen LogP contribution is -2.08. The first kappa shape index (κ1) is 60.7. The second kappa shape index (κ2) is 35.0. The molecule has 0 fully saturated rings. The van der Waals surface area contributed by atoms with Crippen LogP contribution < -0.4 is 28.4 Å². The number of aliphatic imine (C=N–C) groups is 1. The van der Waals surface area contributed by atoms with Crippen LogP contribution in [-0.4, -0.2) is 43.9 Å². The molecule has 0 aromatic heterocycles. The molecule has 7 aromatic carbocycles. The smallest absolute Gasteiger partial charge is 0.343 e. The molecule has 0 N–H and O–H groups in total. The summed E-state index contributed by atoms with van der Waals surface area (Å²) in [6.07, 6.45) is 23.3. The Kier molecular flexibility index (Phi) is 25.9. The molecule has 0 bridgehead atoms. The molecule has 0 aliphatic heterocycles. The Hall–Kier alpha value is -8.89. The first-order chi connectivity index (χ1) is 40.3. The molecule has 13 heteroatoms. The van der Waals surface area contributed by atoms with E-state index in [4.69, 9.17) is 33.7 Å². The van der Waals surface area contributed by atoms with Crippen molar-refractivity contribution in [3.05, 3.63) is 198 Å². The highest BCUT2D eigenvalue weighted by molar-refractivity contribution is 5.93. The topological polar surface area (TPSA) is 167 Å². The first-order valence-corrected chi connectivity index (χ1v) is 28.9. The molecule has 0 radical (unpaired) electrons.